The van der Waals surface area contributed by atoms with Crippen molar-refractivity contribution in [3.63, 3.8) is 0 Å². The highest BCUT2D eigenvalue weighted by atomic mass is 32.1. The standard InChI is InChI=1S/C29H37N3O5S/c1-20(2)32(29(34)30-23-9-11-24(35-4)12-10-23)19-28(33)31(18-25-13-7-21(3)38-25)16-15-22-8-14-26(36-5)27(17-22)37-6/h7-14,17,20H,15-16,18-19H2,1-6H3,(H,30,34). The molecule has 3 rings (SSSR count). The first-order valence-corrected chi connectivity index (χ1v) is 13.3. The molecule has 0 bridgehead atoms. The van der Waals surface area contributed by atoms with Gasteiger partial charge in [0.05, 0.1) is 27.9 Å². The third kappa shape index (κ3) is 7.89. The molecule has 0 saturated carbocycles. The van der Waals surface area contributed by atoms with E-state index in [0.717, 1.165) is 10.4 Å². The molecule has 0 radical (unpaired) electrons. The van der Waals surface area contributed by atoms with Crippen LogP contribution < -0.4 is 19.5 Å². The molecule has 204 valence electrons. The molecule has 1 aromatic heterocycles. The normalized spacial score (nSPS) is 10.7. The van der Waals surface area contributed by atoms with Crippen LogP contribution in [0.4, 0.5) is 10.5 Å². The minimum Gasteiger partial charge on any atom is -0.497 e. The van der Waals surface area contributed by atoms with Gasteiger partial charge < -0.3 is 29.3 Å². The SMILES string of the molecule is COc1ccc(NC(=O)N(CC(=O)N(CCc2ccc(OC)c(OC)c2)Cc2ccc(C)s2)C(C)C)cc1. The molecule has 0 aliphatic rings. The predicted molar refractivity (Wildman–Crippen MR) is 152 cm³/mol. The molecule has 0 atom stereocenters. The summed E-state index contributed by atoms with van der Waals surface area (Å²) >= 11 is 1.67. The van der Waals surface area contributed by atoms with Crippen LogP contribution in [0.5, 0.6) is 17.2 Å². The van der Waals surface area contributed by atoms with E-state index in [2.05, 4.69) is 11.4 Å². The van der Waals surface area contributed by atoms with Crippen molar-refractivity contribution in [2.75, 3.05) is 39.7 Å². The Balaban J connectivity index is 1.74. The maximum atomic E-state index is 13.6. The molecule has 2 aromatic carbocycles. The second kappa shape index (κ2) is 13.7. The summed E-state index contributed by atoms with van der Waals surface area (Å²) in [5, 5.41) is 2.89. The van der Waals surface area contributed by atoms with Crippen molar-refractivity contribution in [1.29, 1.82) is 0 Å². The largest absolute Gasteiger partial charge is 0.497 e. The van der Waals surface area contributed by atoms with Crippen molar-refractivity contribution in [3.05, 3.63) is 69.9 Å². The monoisotopic (exact) mass is 539 g/mol. The van der Waals surface area contributed by atoms with Gasteiger partial charge in [-0.3, -0.25) is 4.79 Å². The topological polar surface area (TPSA) is 80.3 Å². The lowest BCUT2D eigenvalue weighted by Crippen LogP contribution is -2.47. The van der Waals surface area contributed by atoms with Gasteiger partial charge in [0.1, 0.15) is 12.3 Å². The number of ether oxygens (including phenoxy) is 3. The smallest absolute Gasteiger partial charge is 0.322 e. The van der Waals surface area contributed by atoms with E-state index in [9.17, 15) is 9.59 Å². The highest BCUT2D eigenvalue weighted by molar-refractivity contribution is 7.11. The van der Waals surface area contributed by atoms with Crippen LogP contribution in [0, 0.1) is 6.92 Å². The summed E-state index contributed by atoms with van der Waals surface area (Å²) in [7, 11) is 4.80. The van der Waals surface area contributed by atoms with Crippen molar-refractivity contribution in [2.45, 2.75) is 39.8 Å². The highest BCUT2D eigenvalue weighted by Crippen LogP contribution is 2.28. The van der Waals surface area contributed by atoms with E-state index in [4.69, 9.17) is 14.2 Å². The lowest BCUT2D eigenvalue weighted by molar-refractivity contribution is -0.132. The summed E-state index contributed by atoms with van der Waals surface area (Å²) in [6.07, 6.45) is 0.635. The molecule has 0 saturated heterocycles. The molecule has 3 amide bonds. The van der Waals surface area contributed by atoms with Gasteiger partial charge in [0, 0.05) is 28.0 Å². The molecule has 8 nitrogen and oxygen atoms in total. The number of nitrogens with one attached hydrogen (secondary N) is 1. The van der Waals surface area contributed by atoms with Crippen LogP contribution in [0.15, 0.2) is 54.6 Å². The number of rotatable bonds is 12. The fourth-order valence-electron chi connectivity index (χ4n) is 3.95. The second-order valence-corrected chi connectivity index (χ2v) is 10.5. The first-order chi connectivity index (χ1) is 18.2. The van der Waals surface area contributed by atoms with Crippen LogP contribution in [0.1, 0.15) is 29.2 Å². The van der Waals surface area contributed by atoms with Gasteiger partial charge >= 0.3 is 6.03 Å². The number of anilines is 1. The number of urea groups is 1. The number of amides is 3. The number of carbonyl (C=O) groups is 2. The molecule has 3 aromatic rings. The highest BCUT2D eigenvalue weighted by Gasteiger charge is 2.24. The van der Waals surface area contributed by atoms with Crippen LogP contribution in [0.3, 0.4) is 0 Å². The molecule has 0 unspecified atom stereocenters. The Kier molecular flexibility index (Phi) is 10.4. The van der Waals surface area contributed by atoms with Gasteiger partial charge in [-0.15, -0.1) is 11.3 Å². The quantitative estimate of drug-likeness (QED) is 0.324. The van der Waals surface area contributed by atoms with E-state index in [-0.39, 0.29) is 24.5 Å². The van der Waals surface area contributed by atoms with Gasteiger partial charge in [0.15, 0.2) is 11.5 Å². The number of carbonyl (C=O) groups excluding carboxylic acids is 2. The molecule has 0 aliphatic heterocycles. The number of aryl methyl sites for hydroxylation is 1. The molecule has 38 heavy (non-hydrogen) atoms. The van der Waals surface area contributed by atoms with Crippen LogP contribution in [-0.2, 0) is 17.8 Å². The van der Waals surface area contributed by atoms with Crippen LogP contribution >= 0.6 is 11.3 Å². The van der Waals surface area contributed by atoms with Crippen molar-refractivity contribution < 1.29 is 23.8 Å². The maximum absolute atomic E-state index is 13.6. The molecular weight excluding hydrogens is 502 g/mol. The van der Waals surface area contributed by atoms with Crippen molar-refractivity contribution in [3.8, 4) is 17.2 Å². The summed E-state index contributed by atoms with van der Waals surface area (Å²) in [6, 6.07) is 16.5. The fraction of sp³-hybridized carbons (Fsp3) is 0.379. The van der Waals surface area contributed by atoms with E-state index >= 15 is 0 Å². The minimum atomic E-state index is -0.328. The van der Waals surface area contributed by atoms with Crippen molar-refractivity contribution >= 4 is 29.0 Å². The summed E-state index contributed by atoms with van der Waals surface area (Å²) in [6.45, 7) is 6.80. The zero-order valence-corrected chi connectivity index (χ0v) is 23.8. The Hall–Kier alpha value is -3.72. The number of nitrogens with zero attached hydrogens (tertiary/aromatic N) is 2. The van der Waals surface area contributed by atoms with Gasteiger partial charge in [0.25, 0.3) is 0 Å². The molecular formula is C29H37N3O5S. The third-order valence-corrected chi connectivity index (χ3v) is 7.13. The zero-order valence-electron chi connectivity index (χ0n) is 22.9. The van der Waals surface area contributed by atoms with Gasteiger partial charge in [0.2, 0.25) is 5.91 Å². The Morgan fingerprint density at radius 2 is 1.63 bits per heavy atom. The molecule has 9 heteroatoms. The van der Waals surface area contributed by atoms with Crippen LogP contribution in [0.2, 0.25) is 0 Å². The minimum absolute atomic E-state index is 0.0318. The van der Waals surface area contributed by atoms with E-state index < -0.39 is 0 Å². The number of hydrogen-bond acceptors (Lipinski definition) is 6. The average molecular weight is 540 g/mol. The number of thiophene rings is 1. The maximum Gasteiger partial charge on any atom is 0.322 e. The Morgan fingerprint density at radius 1 is 0.921 bits per heavy atom. The van der Waals surface area contributed by atoms with E-state index in [0.29, 0.717) is 42.4 Å². The first-order valence-electron chi connectivity index (χ1n) is 12.5. The number of methoxy groups -OCH3 is 3. The average Bonchev–Trinajstić information content (AvgIpc) is 3.33. The first kappa shape index (κ1) is 28.8. The number of benzene rings is 2. The van der Waals surface area contributed by atoms with Crippen molar-refractivity contribution in [2.24, 2.45) is 0 Å². The third-order valence-electron chi connectivity index (χ3n) is 6.14. The Morgan fingerprint density at radius 3 is 2.21 bits per heavy atom. The lowest BCUT2D eigenvalue weighted by atomic mass is 10.1. The summed E-state index contributed by atoms with van der Waals surface area (Å²) < 4.78 is 16.0. The van der Waals surface area contributed by atoms with Gasteiger partial charge in [-0.05, 0) is 81.3 Å². The van der Waals surface area contributed by atoms with E-state index in [1.54, 1.807) is 61.8 Å². The van der Waals surface area contributed by atoms with Gasteiger partial charge in [-0.25, -0.2) is 4.79 Å². The molecule has 0 spiro atoms. The lowest BCUT2D eigenvalue weighted by Gasteiger charge is -2.30. The molecule has 0 fully saturated rings. The summed E-state index contributed by atoms with van der Waals surface area (Å²) in [4.78, 5) is 32.4. The Bertz CT molecular complexity index is 1210. The zero-order chi connectivity index (χ0) is 27.7. The predicted octanol–water partition coefficient (Wildman–Crippen LogP) is 5.60. The number of hydrogen-bond donors (Lipinski definition) is 1. The second-order valence-electron chi connectivity index (χ2n) is 9.15. The van der Waals surface area contributed by atoms with E-state index in [1.807, 2.05) is 49.9 Å². The fourth-order valence-corrected chi connectivity index (χ4v) is 4.86. The Labute approximate surface area is 229 Å². The van der Waals surface area contributed by atoms with Crippen LogP contribution in [0.25, 0.3) is 0 Å². The van der Waals surface area contributed by atoms with E-state index in [1.165, 1.54) is 4.88 Å². The molecule has 1 N–H and O–H groups in total. The van der Waals surface area contributed by atoms with Crippen LogP contribution in [-0.4, -0.2) is 62.2 Å². The summed E-state index contributed by atoms with van der Waals surface area (Å²) in [5.74, 6) is 1.90. The van der Waals surface area contributed by atoms with Gasteiger partial charge in [-0.1, -0.05) is 6.07 Å². The van der Waals surface area contributed by atoms with Gasteiger partial charge in [-0.2, -0.15) is 0 Å². The van der Waals surface area contributed by atoms with Crippen molar-refractivity contribution in [1.82, 2.24) is 9.80 Å². The molecule has 0 aliphatic carbocycles. The molecule has 1 heterocycles. The summed E-state index contributed by atoms with van der Waals surface area (Å²) in [5.41, 5.74) is 1.66.